The number of carbonyl (C=O) groups excluding carboxylic acids is 1. The van der Waals surface area contributed by atoms with Gasteiger partial charge in [0.05, 0.1) is 13.2 Å². The van der Waals surface area contributed by atoms with Gasteiger partial charge in [0.1, 0.15) is 10.6 Å². The van der Waals surface area contributed by atoms with Crippen molar-refractivity contribution in [3.05, 3.63) is 41.6 Å². The maximum Gasteiger partial charge on any atom is 0.285 e. The second-order valence-electron chi connectivity index (χ2n) is 7.04. The van der Waals surface area contributed by atoms with Gasteiger partial charge in [0.25, 0.3) is 15.9 Å². The molecule has 0 atom stereocenters. The molecule has 0 aromatic heterocycles. The van der Waals surface area contributed by atoms with Crippen molar-refractivity contribution in [1.82, 2.24) is 14.5 Å². The Balaban J connectivity index is 1.76. The summed E-state index contributed by atoms with van der Waals surface area (Å²) in [5.74, 6) is -0.446. The SMILES string of the molecule is CCCCN1C(=O)C(NCCCN2CCOCC2)=C(c2ccccc2)S1(=O)=O. The van der Waals surface area contributed by atoms with Gasteiger partial charge in [0, 0.05) is 26.2 Å². The molecule has 1 fully saturated rings. The van der Waals surface area contributed by atoms with Crippen LogP contribution >= 0.6 is 0 Å². The smallest absolute Gasteiger partial charge is 0.285 e. The molecule has 0 radical (unpaired) electrons. The van der Waals surface area contributed by atoms with Crippen LogP contribution in [-0.4, -0.2) is 69.5 Å². The molecular formula is C20H29N3O4S. The number of ether oxygens (including phenoxy) is 1. The van der Waals surface area contributed by atoms with Gasteiger partial charge in [-0.3, -0.25) is 9.69 Å². The van der Waals surface area contributed by atoms with E-state index < -0.39 is 15.9 Å². The van der Waals surface area contributed by atoms with E-state index in [2.05, 4.69) is 10.2 Å². The Bertz CT molecular complexity index is 802. The van der Waals surface area contributed by atoms with E-state index in [9.17, 15) is 13.2 Å². The van der Waals surface area contributed by atoms with Gasteiger partial charge in [-0.15, -0.1) is 0 Å². The number of rotatable bonds is 9. The van der Waals surface area contributed by atoms with E-state index in [4.69, 9.17) is 4.74 Å². The van der Waals surface area contributed by atoms with E-state index in [1.165, 1.54) is 0 Å². The molecule has 2 heterocycles. The van der Waals surface area contributed by atoms with Crippen LogP contribution in [0.1, 0.15) is 31.7 Å². The molecule has 0 aliphatic carbocycles. The monoisotopic (exact) mass is 407 g/mol. The van der Waals surface area contributed by atoms with Crippen molar-refractivity contribution in [2.24, 2.45) is 0 Å². The first kappa shape index (κ1) is 20.8. The Morgan fingerprint density at radius 2 is 1.79 bits per heavy atom. The number of hydrogen-bond donors (Lipinski definition) is 1. The standard InChI is InChI=1S/C20H29N3O4S/c1-2-3-12-23-20(24)18(21-10-7-11-22-13-15-27-16-14-22)19(28(23,25)26)17-8-5-4-6-9-17/h4-6,8-9,21H,2-3,7,10-16H2,1H3. The highest BCUT2D eigenvalue weighted by atomic mass is 32.2. The third-order valence-electron chi connectivity index (χ3n) is 5.02. The number of sulfonamides is 1. The van der Waals surface area contributed by atoms with Gasteiger partial charge in [-0.2, -0.15) is 0 Å². The van der Waals surface area contributed by atoms with Crippen molar-refractivity contribution in [3.8, 4) is 0 Å². The number of unbranched alkanes of at least 4 members (excludes halogenated alkanes) is 1. The number of carbonyl (C=O) groups is 1. The molecule has 0 unspecified atom stereocenters. The van der Waals surface area contributed by atoms with Crippen LogP contribution in [0.3, 0.4) is 0 Å². The number of benzene rings is 1. The van der Waals surface area contributed by atoms with Crippen LogP contribution in [0.2, 0.25) is 0 Å². The molecule has 28 heavy (non-hydrogen) atoms. The van der Waals surface area contributed by atoms with Gasteiger partial charge in [-0.05, 0) is 24.9 Å². The van der Waals surface area contributed by atoms with E-state index in [1.807, 2.05) is 13.0 Å². The number of nitrogens with zero attached hydrogens (tertiary/aromatic N) is 2. The van der Waals surface area contributed by atoms with E-state index >= 15 is 0 Å². The largest absolute Gasteiger partial charge is 0.379 e. The molecule has 0 spiro atoms. The van der Waals surface area contributed by atoms with Crippen LogP contribution in [0.25, 0.3) is 4.91 Å². The highest BCUT2D eigenvalue weighted by Gasteiger charge is 2.43. The molecule has 2 aliphatic heterocycles. The van der Waals surface area contributed by atoms with Crippen LogP contribution in [0.4, 0.5) is 0 Å². The lowest BCUT2D eigenvalue weighted by molar-refractivity contribution is -0.122. The molecule has 8 heteroatoms. The summed E-state index contributed by atoms with van der Waals surface area (Å²) in [6.45, 7) is 6.96. The fraction of sp³-hybridized carbons (Fsp3) is 0.550. The molecule has 1 aromatic rings. The number of amides is 1. The van der Waals surface area contributed by atoms with Crippen LogP contribution in [0.15, 0.2) is 36.0 Å². The summed E-state index contributed by atoms with van der Waals surface area (Å²) >= 11 is 0. The van der Waals surface area contributed by atoms with E-state index in [-0.39, 0.29) is 17.1 Å². The maximum atomic E-state index is 13.1. The van der Waals surface area contributed by atoms with E-state index in [1.54, 1.807) is 24.3 Å². The predicted octanol–water partition coefficient (Wildman–Crippen LogP) is 1.64. The lowest BCUT2D eigenvalue weighted by Gasteiger charge is -2.26. The van der Waals surface area contributed by atoms with Crippen LogP contribution in [0.5, 0.6) is 0 Å². The average Bonchev–Trinajstić information content (AvgIpc) is 2.90. The number of morpholine rings is 1. The lowest BCUT2D eigenvalue weighted by Crippen LogP contribution is -2.38. The zero-order valence-electron chi connectivity index (χ0n) is 16.4. The molecule has 2 aliphatic rings. The van der Waals surface area contributed by atoms with E-state index in [0.29, 0.717) is 18.5 Å². The highest BCUT2D eigenvalue weighted by Crippen LogP contribution is 2.34. The topological polar surface area (TPSA) is 79.0 Å². The minimum atomic E-state index is -3.84. The summed E-state index contributed by atoms with van der Waals surface area (Å²) < 4.78 is 32.5. The minimum Gasteiger partial charge on any atom is -0.379 e. The van der Waals surface area contributed by atoms with Crippen molar-refractivity contribution in [2.75, 3.05) is 45.9 Å². The van der Waals surface area contributed by atoms with Gasteiger partial charge in [-0.25, -0.2) is 12.7 Å². The third-order valence-corrected chi connectivity index (χ3v) is 6.91. The zero-order chi connectivity index (χ0) is 20.0. The van der Waals surface area contributed by atoms with Crippen molar-refractivity contribution < 1.29 is 17.9 Å². The van der Waals surface area contributed by atoms with Gasteiger partial charge >= 0.3 is 0 Å². The fourth-order valence-electron chi connectivity index (χ4n) is 3.47. The van der Waals surface area contributed by atoms with E-state index in [0.717, 1.165) is 50.0 Å². The first-order valence-electron chi connectivity index (χ1n) is 9.96. The second kappa shape index (κ2) is 9.54. The predicted molar refractivity (Wildman–Crippen MR) is 109 cm³/mol. The molecule has 0 saturated carbocycles. The normalized spacial score (nSPS) is 20.0. The van der Waals surface area contributed by atoms with Crippen LogP contribution in [0, 0.1) is 0 Å². The van der Waals surface area contributed by atoms with Crippen molar-refractivity contribution in [1.29, 1.82) is 0 Å². The summed E-state index contributed by atoms with van der Waals surface area (Å²) in [5, 5.41) is 3.13. The molecule has 154 valence electrons. The van der Waals surface area contributed by atoms with Crippen LogP contribution in [-0.2, 0) is 19.6 Å². The Morgan fingerprint density at radius 3 is 2.46 bits per heavy atom. The average molecular weight is 408 g/mol. The highest BCUT2D eigenvalue weighted by molar-refractivity contribution is 7.99. The van der Waals surface area contributed by atoms with Crippen molar-refractivity contribution in [2.45, 2.75) is 26.2 Å². The van der Waals surface area contributed by atoms with Crippen molar-refractivity contribution >= 4 is 20.8 Å². The lowest BCUT2D eigenvalue weighted by atomic mass is 10.1. The molecule has 3 rings (SSSR count). The molecule has 1 N–H and O–H groups in total. The second-order valence-corrected chi connectivity index (χ2v) is 8.84. The summed E-state index contributed by atoms with van der Waals surface area (Å²) in [6, 6.07) is 8.87. The molecule has 1 saturated heterocycles. The van der Waals surface area contributed by atoms with Crippen molar-refractivity contribution in [3.63, 3.8) is 0 Å². The summed E-state index contributed by atoms with van der Waals surface area (Å²) in [5.41, 5.74) is 0.745. The molecule has 7 nitrogen and oxygen atoms in total. The number of nitrogens with one attached hydrogen (secondary N) is 1. The molecule has 1 amide bonds. The third kappa shape index (κ3) is 4.56. The minimum absolute atomic E-state index is 0.0978. The summed E-state index contributed by atoms with van der Waals surface area (Å²) in [6.07, 6.45) is 2.30. The quantitative estimate of drug-likeness (QED) is 0.627. The van der Waals surface area contributed by atoms with Gasteiger partial charge in [0.2, 0.25) is 0 Å². The maximum absolute atomic E-state index is 13.1. The fourth-order valence-corrected chi connectivity index (χ4v) is 5.22. The Hall–Kier alpha value is -1.90. The van der Waals surface area contributed by atoms with Gasteiger partial charge in [0.15, 0.2) is 0 Å². The first-order chi connectivity index (χ1) is 13.6. The Kier molecular flexibility index (Phi) is 7.09. The Morgan fingerprint density at radius 1 is 1.07 bits per heavy atom. The summed E-state index contributed by atoms with van der Waals surface area (Å²) in [7, 11) is -3.84. The zero-order valence-corrected chi connectivity index (χ0v) is 17.2. The number of hydrogen-bond acceptors (Lipinski definition) is 6. The summed E-state index contributed by atoms with van der Waals surface area (Å²) in [4.78, 5) is 15.3. The van der Waals surface area contributed by atoms with Gasteiger partial charge < -0.3 is 10.1 Å². The first-order valence-corrected chi connectivity index (χ1v) is 11.4. The van der Waals surface area contributed by atoms with Crippen LogP contribution < -0.4 is 5.32 Å². The Labute approximate surface area is 167 Å². The molecular weight excluding hydrogens is 378 g/mol. The van der Waals surface area contributed by atoms with Gasteiger partial charge in [-0.1, -0.05) is 43.7 Å². The molecule has 1 aromatic carbocycles. The molecule has 0 bridgehead atoms.